The number of ether oxygens (including phenoxy) is 2. The van der Waals surface area contributed by atoms with Gasteiger partial charge in [-0.25, -0.2) is 9.59 Å². The molecule has 25 heavy (non-hydrogen) atoms. The second kappa shape index (κ2) is 7.64. The second-order valence-electron chi connectivity index (χ2n) is 5.86. The van der Waals surface area contributed by atoms with E-state index in [0.717, 1.165) is 13.2 Å². The van der Waals surface area contributed by atoms with Crippen LogP contribution >= 0.6 is 0 Å². The van der Waals surface area contributed by atoms with Crippen LogP contribution in [0.5, 0.6) is 5.75 Å². The Hall–Kier alpha value is -2.42. The molecular formula is C17H20O8. The lowest BCUT2D eigenvalue weighted by Crippen LogP contribution is -2.57. The molecule has 1 fully saturated rings. The molecule has 0 aliphatic heterocycles. The summed E-state index contributed by atoms with van der Waals surface area (Å²) in [5, 5.41) is 39.7. The summed E-state index contributed by atoms with van der Waals surface area (Å²) >= 11 is 0. The van der Waals surface area contributed by atoms with Crippen molar-refractivity contribution in [3.05, 3.63) is 35.9 Å². The number of hydrogen-bond donors (Lipinski definition) is 4. The summed E-state index contributed by atoms with van der Waals surface area (Å²) in [6.45, 7) is 0. The number of hydrogen-bond acceptors (Lipinski definition) is 8. The third kappa shape index (κ3) is 4.36. The average Bonchev–Trinajstić information content (AvgIpc) is 2.57. The molecule has 8 heteroatoms. The van der Waals surface area contributed by atoms with Crippen LogP contribution in [0.2, 0.25) is 0 Å². The maximum absolute atomic E-state index is 11.9. The standard InChI is InChI=1S/C17H20O8/c1-24-16(22)17(23)8-12(19)15(21)13(9-17)25-14(20)7-6-10-4-2-3-5-11(10)18/h2-7,12-13,15,18-19,21,23H,8-9H2,1H3. The van der Waals surface area contributed by atoms with Crippen LogP contribution in [0.1, 0.15) is 18.4 Å². The number of benzene rings is 1. The van der Waals surface area contributed by atoms with Gasteiger partial charge < -0.3 is 29.9 Å². The third-order valence-corrected chi connectivity index (χ3v) is 4.03. The van der Waals surface area contributed by atoms with Gasteiger partial charge in [0.1, 0.15) is 18.0 Å². The molecule has 0 bridgehead atoms. The largest absolute Gasteiger partial charge is 0.507 e. The van der Waals surface area contributed by atoms with Crippen LogP contribution in [0.3, 0.4) is 0 Å². The van der Waals surface area contributed by atoms with Crippen molar-refractivity contribution in [2.75, 3.05) is 7.11 Å². The van der Waals surface area contributed by atoms with Gasteiger partial charge in [-0.2, -0.15) is 0 Å². The molecule has 1 saturated carbocycles. The normalized spacial score (nSPS) is 29.4. The molecule has 1 aliphatic rings. The van der Waals surface area contributed by atoms with Gasteiger partial charge in [-0.3, -0.25) is 0 Å². The lowest BCUT2D eigenvalue weighted by molar-refractivity contribution is -0.198. The summed E-state index contributed by atoms with van der Waals surface area (Å²) in [4.78, 5) is 23.6. The topological polar surface area (TPSA) is 134 Å². The molecule has 136 valence electrons. The van der Waals surface area contributed by atoms with Crippen molar-refractivity contribution in [3.8, 4) is 5.75 Å². The number of methoxy groups -OCH3 is 1. The average molecular weight is 352 g/mol. The van der Waals surface area contributed by atoms with Gasteiger partial charge in [0.05, 0.1) is 13.2 Å². The molecule has 4 unspecified atom stereocenters. The van der Waals surface area contributed by atoms with Crippen molar-refractivity contribution in [2.24, 2.45) is 0 Å². The van der Waals surface area contributed by atoms with Gasteiger partial charge in [0, 0.05) is 24.5 Å². The summed E-state index contributed by atoms with van der Waals surface area (Å²) in [6.07, 6.45) is -2.70. The van der Waals surface area contributed by atoms with Crippen LogP contribution in [0.25, 0.3) is 6.08 Å². The van der Waals surface area contributed by atoms with Crippen molar-refractivity contribution < 1.29 is 39.5 Å². The van der Waals surface area contributed by atoms with Crippen LogP contribution in [-0.2, 0) is 19.1 Å². The number of aromatic hydroxyl groups is 1. The zero-order valence-electron chi connectivity index (χ0n) is 13.5. The molecule has 4 N–H and O–H groups in total. The van der Waals surface area contributed by atoms with Crippen LogP contribution < -0.4 is 0 Å². The zero-order valence-corrected chi connectivity index (χ0v) is 13.5. The highest BCUT2D eigenvalue weighted by Gasteiger charge is 2.50. The molecule has 0 radical (unpaired) electrons. The molecular weight excluding hydrogens is 332 g/mol. The Bertz CT molecular complexity index is 670. The van der Waals surface area contributed by atoms with E-state index in [4.69, 9.17) is 4.74 Å². The molecule has 0 amide bonds. The summed E-state index contributed by atoms with van der Waals surface area (Å²) in [7, 11) is 1.08. The van der Waals surface area contributed by atoms with Crippen molar-refractivity contribution in [1.29, 1.82) is 0 Å². The van der Waals surface area contributed by atoms with Crippen molar-refractivity contribution in [3.63, 3.8) is 0 Å². The molecule has 1 aromatic rings. The van der Waals surface area contributed by atoms with Crippen LogP contribution in [-0.4, -0.2) is 63.4 Å². The summed E-state index contributed by atoms with van der Waals surface area (Å²) < 4.78 is 9.52. The number of phenolic OH excluding ortho intramolecular Hbond substituents is 1. The first-order chi connectivity index (χ1) is 11.8. The predicted octanol–water partition coefficient (Wildman–Crippen LogP) is -0.263. The van der Waals surface area contributed by atoms with Gasteiger partial charge in [-0.1, -0.05) is 18.2 Å². The maximum atomic E-state index is 11.9. The monoisotopic (exact) mass is 352 g/mol. The van der Waals surface area contributed by atoms with E-state index in [0.29, 0.717) is 5.56 Å². The lowest BCUT2D eigenvalue weighted by Gasteiger charge is -2.39. The van der Waals surface area contributed by atoms with E-state index in [9.17, 15) is 30.0 Å². The molecule has 0 aromatic heterocycles. The minimum atomic E-state index is -2.06. The Morgan fingerprint density at radius 3 is 2.56 bits per heavy atom. The van der Waals surface area contributed by atoms with Gasteiger partial charge >= 0.3 is 11.9 Å². The summed E-state index contributed by atoms with van der Waals surface area (Å²) in [5.41, 5.74) is -1.67. The van der Waals surface area contributed by atoms with E-state index < -0.39 is 48.7 Å². The van der Waals surface area contributed by atoms with E-state index >= 15 is 0 Å². The van der Waals surface area contributed by atoms with Gasteiger partial charge in [0.2, 0.25) is 0 Å². The molecule has 0 heterocycles. The lowest BCUT2D eigenvalue weighted by atomic mass is 9.79. The van der Waals surface area contributed by atoms with Crippen LogP contribution in [0.4, 0.5) is 0 Å². The Kier molecular flexibility index (Phi) is 5.78. The maximum Gasteiger partial charge on any atom is 0.338 e. The number of aliphatic hydroxyl groups is 3. The predicted molar refractivity (Wildman–Crippen MR) is 85.2 cm³/mol. The van der Waals surface area contributed by atoms with E-state index in [1.807, 2.05) is 0 Å². The Morgan fingerprint density at radius 2 is 1.92 bits per heavy atom. The number of phenols is 1. The van der Waals surface area contributed by atoms with Gasteiger partial charge in [0.25, 0.3) is 0 Å². The van der Waals surface area contributed by atoms with Gasteiger partial charge in [-0.15, -0.1) is 0 Å². The number of rotatable bonds is 4. The first kappa shape index (κ1) is 18.9. The third-order valence-electron chi connectivity index (χ3n) is 4.03. The first-order valence-electron chi connectivity index (χ1n) is 7.60. The molecule has 4 atom stereocenters. The Balaban J connectivity index is 2.08. The minimum Gasteiger partial charge on any atom is -0.507 e. The number of carbonyl (C=O) groups excluding carboxylic acids is 2. The highest BCUT2D eigenvalue weighted by atomic mass is 16.6. The van der Waals surface area contributed by atoms with Crippen molar-refractivity contribution in [2.45, 2.75) is 36.8 Å². The fourth-order valence-corrected chi connectivity index (χ4v) is 2.69. The van der Waals surface area contributed by atoms with Crippen LogP contribution in [0.15, 0.2) is 30.3 Å². The molecule has 0 saturated heterocycles. The van der Waals surface area contributed by atoms with E-state index in [2.05, 4.69) is 4.74 Å². The molecule has 0 spiro atoms. The second-order valence-corrected chi connectivity index (χ2v) is 5.86. The fraction of sp³-hybridized carbons (Fsp3) is 0.412. The fourth-order valence-electron chi connectivity index (χ4n) is 2.69. The minimum absolute atomic E-state index is 0.0280. The van der Waals surface area contributed by atoms with Gasteiger partial charge in [-0.05, 0) is 12.1 Å². The highest BCUT2D eigenvalue weighted by molar-refractivity contribution is 5.88. The van der Waals surface area contributed by atoms with Gasteiger partial charge in [0.15, 0.2) is 5.60 Å². The summed E-state index contributed by atoms with van der Waals surface area (Å²) in [6, 6.07) is 6.32. The highest BCUT2D eigenvalue weighted by Crippen LogP contribution is 2.32. The molecule has 1 aromatic carbocycles. The summed E-state index contributed by atoms with van der Waals surface area (Å²) in [5.74, 6) is -1.88. The van der Waals surface area contributed by atoms with Crippen LogP contribution in [0, 0.1) is 0 Å². The Morgan fingerprint density at radius 1 is 1.24 bits per heavy atom. The molecule has 1 aliphatic carbocycles. The van der Waals surface area contributed by atoms with E-state index in [1.54, 1.807) is 18.2 Å². The Labute approximate surface area is 143 Å². The number of aliphatic hydroxyl groups excluding tert-OH is 2. The van der Waals surface area contributed by atoms with Crippen molar-refractivity contribution in [1.82, 2.24) is 0 Å². The molecule has 2 rings (SSSR count). The first-order valence-corrected chi connectivity index (χ1v) is 7.60. The SMILES string of the molecule is COC(=O)C1(O)CC(O)C(O)C(OC(=O)C=Cc2ccccc2O)C1. The number of esters is 2. The van der Waals surface area contributed by atoms with E-state index in [-0.39, 0.29) is 5.75 Å². The molecule has 8 nitrogen and oxygen atoms in total. The number of para-hydroxylation sites is 1. The number of carbonyl (C=O) groups is 2. The smallest absolute Gasteiger partial charge is 0.338 e. The quantitative estimate of drug-likeness (QED) is 0.430. The zero-order chi connectivity index (χ0) is 18.6. The van der Waals surface area contributed by atoms with E-state index in [1.165, 1.54) is 12.1 Å². The van der Waals surface area contributed by atoms with Crippen molar-refractivity contribution >= 4 is 18.0 Å².